The fourth-order valence-electron chi connectivity index (χ4n) is 3.93. The molecular weight excluding hydrogens is 383 g/mol. The summed E-state index contributed by atoms with van der Waals surface area (Å²) in [5, 5.41) is 12.8. The van der Waals surface area contributed by atoms with E-state index in [2.05, 4.69) is 20.3 Å². The van der Waals surface area contributed by atoms with Gasteiger partial charge in [-0.2, -0.15) is 10.2 Å². The van der Waals surface area contributed by atoms with E-state index >= 15 is 0 Å². The molecule has 0 radical (unpaired) electrons. The van der Waals surface area contributed by atoms with E-state index in [0.717, 1.165) is 40.1 Å². The Kier molecular flexibility index (Phi) is 4.66. The zero-order valence-electron chi connectivity index (χ0n) is 16.7. The molecule has 0 aromatic carbocycles. The van der Waals surface area contributed by atoms with Crippen molar-refractivity contribution in [3.8, 4) is 22.6 Å². The van der Waals surface area contributed by atoms with Gasteiger partial charge in [0.1, 0.15) is 17.7 Å². The Hall–Kier alpha value is -3.33. The number of hydrogen-bond acceptors (Lipinski definition) is 6. The van der Waals surface area contributed by atoms with E-state index in [0.29, 0.717) is 25.3 Å². The molecule has 30 heavy (non-hydrogen) atoms. The summed E-state index contributed by atoms with van der Waals surface area (Å²) in [6.45, 7) is 3.74. The maximum absolute atomic E-state index is 14.0. The molecule has 3 N–H and O–H groups in total. The summed E-state index contributed by atoms with van der Waals surface area (Å²) in [7, 11) is 0. The average molecular weight is 406 g/mol. The van der Waals surface area contributed by atoms with Gasteiger partial charge in [-0.05, 0) is 31.5 Å². The summed E-state index contributed by atoms with van der Waals surface area (Å²) >= 11 is 0. The molecule has 9 heteroatoms. The van der Waals surface area contributed by atoms with E-state index in [1.165, 1.54) is 0 Å². The molecule has 4 aromatic rings. The van der Waals surface area contributed by atoms with Crippen molar-refractivity contribution in [2.75, 3.05) is 18.0 Å². The minimum atomic E-state index is -0.942. The van der Waals surface area contributed by atoms with Crippen LogP contribution in [0, 0.1) is 0 Å². The van der Waals surface area contributed by atoms with Gasteiger partial charge in [-0.15, -0.1) is 0 Å². The monoisotopic (exact) mass is 406 g/mol. The third-order valence-corrected chi connectivity index (χ3v) is 5.43. The van der Waals surface area contributed by atoms with Crippen LogP contribution in [0.15, 0.2) is 42.9 Å². The number of nitrogens with one attached hydrogen (secondary N) is 1. The minimum absolute atomic E-state index is 0.192. The second-order valence-electron chi connectivity index (χ2n) is 7.65. The van der Waals surface area contributed by atoms with Crippen molar-refractivity contribution in [1.29, 1.82) is 0 Å². The van der Waals surface area contributed by atoms with Crippen molar-refractivity contribution in [3.63, 3.8) is 0 Å². The van der Waals surface area contributed by atoms with Gasteiger partial charge in [-0.25, -0.2) is 9.37 Å². The standard InChI is InChI=1S/C21H23FN8/c1-2-30-10-13(8-25-30)18-7-16-19(9-24-18)27-28-21(16)17-4-3-5-20(26-17)29-11-14(22)6-15(23)12-29/h3-5,7-10,14-15H,2,6,11-12,23H2,1H3,(H,27,28)/t14-,15+/m1/s1. The maximum atomic E-state index is 14.0. The molecule has 1 saturated heterocycles. The fraction of sp³-hybridized carbons (Fsp3) is 0.333. The molecule has 1 fully saturated rings. The lowest BCUT2D eigenvalue weighted by Gasteiger charge is -2.33. The number of nitrogens with two attached hydrogens (primary N) is 1. The second-order valence-corrected chi connectivity index (χ2v) is 7.65. The van der Waals surface area contributed by atoms with Crippen LogP contribution in [0.5, 0.6) is 0 Å². The Labute approximate surface area is 172 Å². The molecule has 0 unspecified atom stereocenters. The van der Waals surface area contributed by atoms with E-state index in [4.69, 9.17) is 10.7 Å². The number of aryl methyl sites for hydroxylation is 1. The van der Waals surface area contributed by atoms with Gasteiger partial charge in [-0.3, -0.25) is 14.8 Å². The Balaban J connectivity index is 1.52. The number of aromatic amines is 1. The minimum Gasteiger partial charge on any atom is -0.352 e. The predicted molar refractivity (Wildman–Crippen MR) is 114 cm³/mol. The van der Waals surface area contributed by atoms with Crippen molar-refractivity contribution in [3.05, 3.63) is 42.9 Å². The zero-order valence-corrected chi connectivity index (χ0v) is 16.7. The molecule has 8 nitrogen and oxygen atoms in total. The summed E-state index contributed by atoms with van der Waals surface area (Å²) in [5.74, 6) is 0.708. The molecule has 1 aliphatic heterocycles. The quantitative estimate of drug-likeness (QED) is 0.540. The average Bonchev–Trinajstić information content (AvgIpc) is 3.40. The van der Waals surface area contributed by atoms with Crippen LogP contribution in [0.1, 0.15) is 13.3 Å². The van der Waals surface area contributed by atoms with Crippen LogP contribution in [-0.4, -0.2) is 55.2 Å². The molecule has 0 aliphatic carbocycles. The first-order chi connectivity index (χ1) is 14.6. The van der Waals surface area contributed by atoms with Crippen molar-refractivity contribution in [2.24, 2.45) is 5.73 Å². The van der Waals surface area contributed by atoms with Crippen LogP contribution in [0.4, 0.5) is 10.2 Å². The van der Waals surface area contributed by atoms with Crippen LogP contribution >= 0.6 is 0 Å². The molecular formula is C21H23FN8. The lowest BCUT2D eigenvalue weighted by Crippen LogP contribution is -2.48. The van der Waals surface area contributed by atoms with Gasteiger partial charge in [0.25, 0.3) is 0 Å². The molecule has 0 amide bonds. The van der Waals surface area contributed by atoms with Crippen LogP contribution in [0.2, 0.25) is 0 Å². The number of hydrogen-bond donors (Lipinski definition) is 2. The third-order valence-electron chi connectivity index (χ3n) is 5.43. The summed E-state index contributed by atoms with van der Waals surface area (Å²) in [4.78, 5) is 11.2. The predicted octanol–water partition coefficient (Wildman–Crippen LogP) is 2.78. The van der Waals surface area contributed by atoms with E-state index < -0.39 is 6.17 Å². The first-order valence-electron chi connectivity index (χ1n) is 10.1. The van der Waals surface area contributed by atoms with Gasteiger partial charge in [0.2, 0.25) is 0 Å². The topological polar surface area (TPSA) is 102 Å². The first-order valence-corrected chi connectivity index (χ1v) is 10.1. The summed E-state index contributed by atoms with van der Waals surface area (Å²) in [6, 6.07) is 7.51. The smallest absolute Gasteiger partial charge is 0.129 e. The summed E-state index contributed by atoms with van der Waals surface area (Å²) in [6.07, 6.45) is 5.00. The number of pyridine rings is 2. The maximum Gasteiger partial charge on any atom is 0.129 e. The number of piperidine rings is 1. The lowest BCUT2D eigenvalue weighted by atomic mass is 10.1. The number of alkyl halides is 1. The molecule has 5 rings (SSSR count). The van der Waals surface area contributed by atoms with Crippen LogP contribution < -0.4 is 10.6 Å². The highest BCUT2D eigenvalue weighted by Gasteiger charge is 2.26. The molecule has 2 atom stereocenters. The molecule has 5 heterocycles. The normalized spacial score (nSPS) is 19.5. The second kappa shape index (κ2) is 7.49. The summed E-state index contributed by atoms with van der Waals surface area (Å²) in [5.41, 5.74) is 10.1. The van der Waals surface area contributed by atoms with Crippen molar-refractivity contribution in [1.82, 2.24) is 29.9 Å². The Bertz CT molecular complexity index is 1170. The van der Waals surface area contributed by atoms with Crippen molar-refractivity contribution in [2.45, 2.75) is 32.1 Å². The highest BCUT2D eigenvalue weighted by Crippen LogP contribution is 2.29. The van der Waals surface area contributed by atoms with Gasteiger partial charge in [-0.1, -0.05) is 6.07 Å². The number of nitrogens with zero attached hydrogens (tertiary/aromatic N) is 6. The van der Waals surface area contributed by atoms with Gasteiger partial charge >= 0.3 is 0 Å². The van der Waals surface area contributed by atoms with Crippen LogP contribution in [0.25, 0.3) is 33.5 Å². The highest BCUT2D eigenvalue weighted by molar-refractivity contribution is 5.93. The highest BCUT2D eigenvalue weighted by atomic mass is 19.1. The van der Waals surface area contributed by atoms with E-state index in [9.17, 15) is 4.39 Å². The molecule has 1 aliphatic rings. The number of anilines is 1. The van der Waals surface area contributed by atoms with Gasteiger partial charge in [0.05, 0.1) is 35.8 Å². The molecule has 0 saturated carbocycles. The molecule has 154 valence electrons. The number of halogens is 1. The zero-order chi connectivity index (χ0) is 20.7. The van der Waals surface area contributed by atoms with E-state index in [-0.39, 0.29) is 6.04 Å². The van der Waals surface area contributed by atoms with E-state index in [1.807, 2.05) is 53.2 Å². The Morgan fingerprint density at radius 2 is 2.13 bits per heavy atom. The van der Waals surface area contributed by atoms with Crippen molar-refractivity contribution < 1.29 is 4.39 Å². The van der Waals surface area contributed by atoms with Crippen molar-refractivity contribution >= 4 is 16.7 Å². The number of H-pyrrole nitrogens is 1. The van der Waals surface area contributed by atoms with Gasteiger partial charge < -0.3 is 10.6 Å². The largest absolute Gasteiger partial charge is 0.352 e. The van der Waals surface area contributed by atoms with Gasteiger partial charge in [0, 0.05) is 36.3 Å². The van der Waals surface area contributed by atoms with Crippen LogP contribution in [-0.2, 0) is 6.54 Å². The Morgan fingerprint density at radius 3 is 2.93 bits per heavy atom. The fourth-order valence-corrected chi connectivity index (χ4v) is 3.93. The lowest BCUT2D eigenvalue weighted by molar-refractivity contribution is 0.268. The summed E-state index contributed by atoms with van der Waals surface area (Å²) < 4.78 is 15.9. The first kappa shape index (κ1) is 18.7. The number of aromatic nitrogens is 6. The van der Waals surface area contributed by atoms with E-state index in [1.54, 1.807) is 6.20 Å². The third kappa shape index (κ3) is 3.41. The number of fused-ring (bicyclic) bond motifs is 1. The molecule has 0 bridgehead atoms. The SMILES string of the molecule is CCn1cc(-c2cc3c(-c4cccc(N5C[C@@H](N)C[C@@H](F)C5)n4)n[nH]c3cn2)cn1. The van der Waals surface area contributed by atoms with Crippen LogP contribution in [0.3, 0.4) is 0 Å². The molecule has 4 aromatic heterocycles. The Morgan fingerprint density at radius 1 is 1.23 bits per heavy atom. The van der Waals surface area contributed by atoms with Gasteiger partial charge in [0.15, 0.2) is 0 Å². The number of rotatable bonds is 4. The molecule has 0 spiro atoms.